The zero-order chi connectivity index (χ0) is 16.9. The van der Waals surface area contributed by atoms with E-state index in [0.29, 0.717) is 31.9 Å². The molecule has 2 N–H and O–H groups in total. The lowest BCUT2D eigenvalue weighted by atomic mass is 10.1. The van der Waals surface area contributed by atoms with E-state index in [2.05, 4.69) is 0 Å². The van der Waals surface area contributed by atoms with Crippen LogP contribution in [0.1, 0.15) is 0 Å². The molecule has 0 aromatic heterocycles. The summed E-state index contributed by atoms with van der Waals surface area (Å²) in [6.07, 6.45) is 0. The minimum Gasteiger partial charge on any atom is -0.484 e. The van der Waals surface area contributed by atoms with E-state index in [0.717, 1.165) is 10.8 Å². The molecule has 0 aliphatic carbocycles. The van der Waals surface area contributed by atoms with E-state index in [1.807, 2.05) is 47.4 Å². The first-order valence-corrected chi connectivity index (χ1v) is 8.02. The molecule has 0 bridgehead atoms. The van der Waals surface area contributed by atoms with E-state index in [-0.39, 0.29) is 25.0 Å². The Balaban J connectivity index is 1.51. The van der Waals surface area contributed by atoms with Crippen molar-refractivity contribution < 1.29 is 14.3 Å². The molecule has 1 fully saturated rings. The number of ether oxygens (including phenoxy) is 1. The zero-order valence-electron chi connectivity index (χ0n) is 13.5. The first-order valence-electron chi connectivity index (χ1n) is 8.02. The Morgan fingerprint density at radius 3 is 2.42 bits per heavy atom. The van der Waals surface area contributed by atoms with E-state index in [1.54, 1.807) is 4.90 Å². The van der Waals surface area contributed by atoms with Crippen LogP contribution in [0, 0.1) is 0 Å². The summed E-state index contributed by atoms with van der Waals surface area (Å²) in [5.41, 5.74) is 5.19. The predicted molar refractivity (Wildman–Crippen MR) is 91.7 cm³/mol. The average molecular weight is 327 g/mol. The van der Waals surface area contributed by atoms with Gasteiger partial charge in [-0.1, -0.05) is 30.3 Å². The van der Waals surface area contributed by atoms with Crippen molar-refractivity contribution in [3.8, 4) is 5.75 Å². The number of nitrogens with zero attached hydrogens (tertiary/aromatic N) is 2. The molecule has 1 aliphatic rings. The third-order valence-electron chi connectivity index (χ3n) is 4.19. The van der Waals surface area contributed by atoms with Crippen LogP contribution in [0.2, 0.25) is 0 Å². The predicted octanol–water partition coefficient (Wildman–Crippen LogP) is 0.848. The maximum absolute atomic E-state index is 12.3. The van der Waals surface area contributed by atoms with Gasteiger partial charge in [-0.3, -0.25) is 14.5 Å². The summed E-state index contributed by atoms with van der Waals surface area (Å²) in [6.45, 7) is 2.76. The molecule has 0 radical (unpaired) electrons. The topological polar surface area (TPSA) is 75.9 Å². The second-order valence-corrected chi connectivity index (χ2v) is 5.92. The Morgan fingerprint density at radius 2 is 1.71 bits per heavy atom. The molecule has 0 saturated carbocycles. The van der Waals surface area contributed by atoms with Gasteiger partial charge in [-0.15, -0.1) is 0 Å². The number of fused-ring (bicyclic) bond motifs is 1. The Labute approximate surface area is 140 Å². The van der Waals surface area contributed by atoms with Crippen LogP contribution in [0.25, 0.3) is 10.8 Å². The molecule has 3 rings (SSSR count). The van der Waals surface area contributed by atoms with Crippen LogP contribution in [0.15, 0.2) is 42.5 Å². The van der Waals surface area contributed by atoms with Crippen molar-refractivity contribution in [3.05, 3.63) is 42.5 Å². The highest BCUT2D eigenvalue weighted by Gasteiger charge is 2.22. The second-order valence-electron chi connectivity index (χ2n) is 5.92. The molecule has 2 aromatic carbocycles. The highest BCUT2D eigenvalue weighted by atomic mass is 16.5. The molecule has 2 aromatic rings. The summed E-state index contributed by atoms with van der Waals surface area (Å²) in [5.74, 6) is 0.311. The minimum atomic E-state index is -0.339. The number of carbonyl (C=O) groups is 2. The number of benzene rings is 2. The normalized spacial score (nSPS) is 15.4. The number of carbonyl (C=O) groups excluding carboxylic acids is 2. The van der Waals surface area contributed by atoms with Gasteiger partial charge < -0.3 is 15.4 Å². The van der Waals surface area contributed by atoms with Gasteiger partial charge in [0.2, 0.25) is 5.91 Å². The maximum Gasteiger partial charge on any atom is 0.260 e. The van der Waals surface area contributed by atoms with Gasteiger partial charge in [-0.25, -0.2) is 0 Å². The third-order valence-corrected chi connectivity index (χ3v) is 4.19. The maximum atomic E-state index is 12.3. The van der Waals surface area contributed by atoms with Crippen molar-refractivity contribution in [3.63, 3.8) is 0 Å². The number of nitrogens with two attached hydrogens (primary N) is 1. The number of rotatable bonds is 5. The summed E-state index contributed by atoms with van der Waals surface area (Å²) in [6, 6.07) is 13.8. The summed E-state index contributed by atoms with van der Waals surface area (Å²) in [7, 11) is 0. The molecule has 24 heavy (non-hydrogen) atoms. The molecule has 1 aliphatic heterocycles. The lowest BCUT2D eigenvalue weighted by Gasteiger charge is -2.33. The molecular formula is C18H21N3O3. The second kappa shape index (κ2) is 7.31. The van der Waals surface area contributed by atoms with E-state index in [9.17, 15) is 9.59 Å². The van der Waals surface area contributed by atoms with Crippen molar-refractivity contribution >= 4 is 22.6 Å². The third kappa shape index (κ3) is 4.02. The summed E-state index contributed by atoms with van der Waals surface area (Å²) in [5, 5.41) is 2.23. The highest BCUT2D eigenvalue weighted by Crippen LogP contribution is 2.20. The number of amides is 2. The molecule has 2 amide bonds. The molecule has 1 heterocycles. The minimum absolute atomic E-state index is 0.0220. The van der Waals surface area contributed by atoms with E-state index in [4.69, 9.17) is 10.5 Å². The van der Waals surface area contributed by atoms with Crippen LogP contribution >= 0.6 is 0 Å². The molecular weight excluding hydrogens is 306 g/mol. The van der Waals surface area contributed by atoms with Crippen LogP contribution in [-0.4, -0.2) is 60.9 Å². The monoisotopic (exact) mass is 327 g/mol. The fourth-order valence-electron chi connectivity index (χ4n) is 2.87. The van der Waals surface area contributed by atoms with Gasteiger partial charge >= 0.3 is 0 Å². The lowest BCUT2D eigenvalue weighted by molar-refractivity contribution is -0.135. The van der Waals surface area contributed by atoms with Crippen LogP contribution in [0.3, 0.4) is 0 Å². The van der Waals surface area contributed by atoms with Gasteiger partial charge in [-0.2, -0.15) is 0 Å². The molecule has 126 valence electrons. The van der Waals surface area contributed by atoms with Gasteiger partial charge in [0.25, 0.3) is 5.91 Å². The molecule has 0 spiro atoms. The van der Waals surface area contributed by atoms with Crippen LogP contribution in [0.4, 0.5) is 0 Å². The van der Waals surface area contributed by atoms with Gasteiger partial charge in [0.05, 0.1) is 6.54 Å². The lowest BCUT2D eigenvalue weighted by Crippen LogP contribution is -2.51. The Bertz CT molecular complexity index is 739. The van der Waals surface area contributed by atoms with Crippen molar-refractivity contribution in [2.75, 3.05) is 39.3 Å². The first-order chi connectivity index (χ1) is 11.6. The summed E-state index contributed by atoms with van der Waals surface area (Å²) < 4.78 is 5.64. The Morgan fingerprint density at radius 1 is 1.00 bits per heavy atom. The average Bonchev–Trinajstić information content (AvgIpc) is 2.59. The molecule has 6 nitrogen and oxygen atoms in total. The fourth-order valence-corrected chi connectivity index (χ4v) is 2.87. The Hall–Kier alpha value is -2.60. The SMILES string of the molecule is NC(=O)CN1CCN(C(=O)COc2ccc3ccccc3c2)CC1. The number of primary amides is 1. The fraction of sp³-hybridized carbons (Fsp3) is 0.333. The number of hydrogen-bond acceptors (Lipinski definition) is 4. The van der Waals surface area contributed by atoms with Crippen LogP contribution < -0.4 is 10.5 Å². The van der Waals surface area contributed by atoms with Crippen molar-refractivity contribution in [1.29, 1.82) is 0 Å². The quantitative estimate of drug-likeness (QED) is 0.883. The van der Waals surface area contributed by atoms with E-state index >= 15 is 0 Å². The molecule has 6 heteroatoms. The highest BCUT2D eigenvalue weighted by molar-refractivity contribution is 5.84. The number of hydrogen-bond donors (Lipinski definition) is 1. The van der Waals surface area contributed by atoms with E-state index < -0.39 is 0 Å². The first kappa shape index (κ1) is 16.3. The van der Waals surface area contributed by atoms with Crippen molar-refractivity contribution in [2.45, 2.75) is 0 Å². The van der Waals surface area contributed by atoms with E-state index in [1.165, 1.54) is 0 Å². The molecule has 1 saturated heterocycles. The largest absolute Gasteiger partial charge is 0.484 e. The van der Waals surface area contributed by atoms with Gasteiger partial charge in [0, 0.05) is 26.2 Å². The molecule has 0 unspecified atom stereocenters. The smallest absolute Gasteiger partial charge is 0.260 e. The number of piperazine rings is 1. The van der Waals surface area contributed by atoms with Gasteiger partial charge in [-0.05, 0) is 22.9 Å². The zero-order valence-corrected chi connectivity index (χ0v) is 13.5. The van der Waals surface area contributed by atoms with Gasteiger partial charge in [0.1, 0.15) is 5.75 Å². The molecule has 0 atom stereocenters. The summed E-state index contributed by atoms with van der Waals surface area (Å²) in [4.78, 5) is 26.9. The Kier molecular flexibility index (Phi) is 4.96. The van der Waals surface area contributed by atoms with Crippen molar-refractivity contribution in [1.82, 2.24) is 9.80 Å². The van der Waals surface area contributed by atoms with Gasteiger partial charge in [0.15, 0.2) is 6.61 Å². The standard InChI is InChI=1S/C18H21N3O3/c19-17(22)12-20-7-9-21(10-8-20)18(23)13-24-16-6-5-14-3-1-2-4-15(14)11-16/h1-6,11H,7-10,12-13H2,(H2,19,22). The summed E-state index contributed by atoms with van der Waals surface area (Å²) >= 11 is 0. The van der Waals surface area contributed by atoms with Crippen molar-refractivity contribution in [2.24, 2.45) is 5.73 Å². The van der Waals surface area contributed by atoms with Crippen LogP contribution in [-0.2, 0) is 9.59 Å². The van der Waals surface area contributed by atoms with Crippen LogP contribution in [0.5, 0.6) is 5.75 Å².